The summed E-state index contributed by atoms with van der Waals surface area (Å²) in [7, 11) is 0. The predicted octanol–water partition coefficient (Wildman–Crippen LogP) is 2.57. The molecule has 1 amide bonds. The van der Waals surface area contributed by atoms with Gasteiger partial charge in [-0.2, -0.15) is 0 Å². The molecule has 110 valence electrons. The van der Waals surface area contributed by atoms with Crippen LogP contribution in [-0.2, 0) is 4.74 Å². The van der Waals surface area contributed by atoms with E-state index in [1.54, 1.807) is 32.9 Å². The number of rotatable bonds is 4. The lowest BCUT2D eigenvalue weighted by molar-refractivity contribution is 0.00669. The number of carbonyl (C=O) groups is 2. The molecule has 20 heavy (non-hydrogen) atoms. The average Bonchev–Trinajstić information content (AvgIpc) is 2.36. The zero-order valence-corrected chi connectivity index (χ0v) is 12.7. The van der Waals surface area contributed by atoms with Gasteiger partial charge in [0.05, 0.1) is 5.56 Å². The minimum atomic E-state index is -0.614. The van der Waals surface area contributed by atoms with Crippen LogP contribution in [0.15, 0.2) is 18.3 Å². The summed E-state index contributed by atoms with van der Waals surface area (Å²) in [4.78, 5) is 28.2. The van der Waals surface area contributed by atoms with Gasteiger partial charge < -0.3 is 10.1 Å². The van der Waals surface area contributed by atoms with E-state index >= 15 is 0 Å². The van der Waals surface area contributed by atoms with E-state index in [4.69, 9.17) is 4.74 Å². The third kappa shape index (κ3) is 4.64. The molecule has 1 N–H and O–H groups in total. The Kier molecular flexibility index (Phi) is 5.25. The average molecular weight is 278 g/mol. The third-order valence-electron chi connectivity index (χ3n) is 2.63. The maximum atomic E-state index is 12.1. The molecule has 0 aromatic carbocycles. The predicted molar refractivity (Wildman–Crippen MR) is 76.6 cm³/mol. The molecule has 5 heteroatoms. The number of hydrogen-bond donors (Lipinski definition) is 1. The summed E-state index contributed by atoms with van der Waals surface area (Å²) in [6.45, 7) is 9.20. The molecular weight excluding hydrogens is 256 g/mol. The first-order valence-electron chi connectivity index (χ1n) is 6.74. The summed E-state index contributed by atoms with van der Waals surface area (Å²) in [5.74, 6) is -0.902. The minimum absolute atomic E-state index is 0.0241. The van der Waals surface area contributed by atoms with Crippen LogP contribution >= 0.6 is 0 Å². The van der Waals surface area contributed by atoms with E-state index in [0.29, 0.717) is 0 Å². The Morgan fingerprint density at radius 1 is 1.40 bits per heavy atom. The number of nitrogens with zero attached hydrogens (tertiary/aromatic N) is 1. The van der Waals surface area contributed by atoms with Crippen LogP contribution < -0.4 is 5.32 Å². The van der Waals surface area contributed by atoms with Crippen molar-refractivity contribution in [1.82, 2.24) is 10.3 Å². The van der Waals surface area contributed by atoms with Crippen LogP contribution in [0.5, 0.6) is 0 Å². The molecule has 0 radical (unpaired) electrons. The smallest absolute Gasteiger partial charge is 0.341 e. The van der Waals surface area contributed by atoms with Gasteiger partial charge in [0, 0.05) is 12.2 Å². The van der Waals surface area contributed by atoms with E-state index in [0.717, 1.165) is 6.42 Å². The van der Waals surface area contributed by atoms with Gasteiger partial charge in [0.15, 0.2) is 0 Å². The maximum absolute atomic E-state index is 12.1. The lowest BCUT2D eigenvalue weighted by Gasteiger charge is -2.20. The molecule has 5 nitrogen and oxygen atoms in total. The number of hydrogen-bond acceptors (Lipinski definition) is 4. The first-order chi connectivity index (χ1) is 9.24. The molecule has 0 bridgehead atoms. The molecule has 0 saturated heterocycles. The standard InChI is InChI=1S/C15H22N2O3/c1-6-10(2)17-13(18)12-11(8-7-9-16-12)14(19)20-15(3,4)5/h7-10H,6H2,1-5H3,(H,17,18)/t10-/m0/s1. The third-order valence-corrected chi connectivity index (χ3v) is 2.63. The lowest BCUT2D eigenvalue weighted by Crippen LogP contribution is -2.34. The maximum Gasteiger partial charge on any atom is 0.341 e. The summed E-state index contributed by atoms with van der Waals surface area (Å²) in [6, 6.07) is 3.18. The van der Waals surface area contributed by atoms with Gasteiger partial charge in [-0.1, -0.05) is 6.92 Å². The molecule has 0 unspecified atom stereocenters. The van der Waals surface area contributed by atoms with E-state index in [1.165, 1.54) is 6.20 Å². The van der Waals surface area contributed by atoms with Crippen LogP contribution in [0.1, 0.15) is 61.9 Å². The van der Waals surface area contributed by atoms with E-state index in [-0.39, 0.29) is 23.2 Å². The number of amides is 1. The molecule has 1 atom stereocenters. The van der Waals surface area contributed by atoms with Crippen molar-refractivity contribution in [3.8, 4) is 0 Å². The largest absolute Gasteiger partial charge is 0.456 e. The second-order valence-electron chi connectivity index (χ2n) is 5.68. The Labute approximate surface area is 119 Å². The SMILES string of the molecule is CC[C@H](C)NC(=O)c1ncccc1C(=O)OC(C)(C)C. The van der Waals surface area contributed by atoms with Crippen LogP contribution in [0.2, 0.25) is 0 Å². The monoisotopic (exact) mass is 278 g/mol. The second kappa shape index (κ2) is 6.50. The number of nitrogens with one attached hydrogen (secondary N) is 1. The zero-order chi connectivity index (χ0) is 15.3. The second-order valence-corrected chi connectivity index (χ2v) is 5.68. The van der Waals surface area contributed by atoms with Crippen LogP contribution in [0.25, 0.3) is 0 Å². The van der Waals surface area contributed by atoms with Gasteiger partial charge in [0.1, 0.15) is 11.3 Å². The van der Waals surface area contributed by atoms with Gasteiger partial charge in [0.25, 0.3) is 5.91 Å². The summed E-state index contributed by atoms with van der Waals surface area (Å²) in [6.07, 6.45) is 2.29. The van der Waals surface area contributed by atoms with Gasteiger partial charge in [-0.25, -0.2) is 4.79 Å². The molecular formula is C15H22N2O3. The van der Waals surface area contributed by atoms with Crippen molar-refractivity contribution >= 4 is 11.9 Å². The fraction of sp³-hybridized carbons (Fsp3) is 0.533. The van der Waals surface area contributed by atoms with Crippen molar-refractivity contribution in [2.24, 2.45) is 0 Å². The van der Waals surface area contributed by atoms with Gasteiger partial charge in [-0.15, -0.1) is 0 Å². The zero-order valence-electron chi connectivity index (χ0n) is 12.7. The molecule has 1 aromatic rings. The van der Waals surface area contributed by atoms with E-state index < -0.39 is 11.6 Å². The van der Waals surface area contributed by atoms with Crippen molar-refractivity contribution in [2.75, 3.05) is 0 Å². The number of aromatic nitrogens is 1. The molecule has 0 aliphatic heterocycles. The molecule has 0 aliphatic rings. The van der Waals surface area contributed by atoms with Crippen LogP contribution in [0, 0.1) is 0 Å². The summed E-state index contributed by atoms with van der Waals surface area (Å²) in [5, 5.41) is 2.79. The first-order valence-corrected chi connectivity index (χ1v) is 6.74. The van der Waals surface area contributed by atoms with Crippen molar-refractivity contribution in [2.45, 2.75) is 52.7 Å². The van der Waals surface area contributed by atoms with E-state index in [2.05, 4.69) is 10.3 Å². The molecule has 0 spiro atoms. The van der Waals surface area contributed by atoms with Gasteiger partial charge in [0.2, 0.25) is 0 Å². The Morgan fingerprint density at radius 2 is 2.05 bits per heavy atom. The Morgan fingerprint density at radius 3 is 2.60 bits per heavy atom. The van der Waals surface area contributed by atoms with Crippen LogP contribution in [0.4, 0.5) is 0 Å². The van der Waals surface area contributed by atoms with Crippen LogP contribution in [0.3, 0.4) is 0 Å². The normalized spacial score (nSPS) is 12.7. The Balaban J connectivity index is 2.99. The highest BCUT2D eigenvalue weighted by molar-refractivity contribution is 6.04. The Bertz CT molecular complexity index is 492. The molecule has 1 heterocycles. The highest BCUT2D eigenvalue weighted by Crippen LogP contribution is 2.14. The number of carbonyl (C=O) groups excluding carboxylic acids is 2. The quantitative estimate of drug-likeness (QED) is 0.859. The highest BCUT2D eigenvalue weighted by atomic mass is 16.6. The molecule has 1 aromatic heterocycles. The first kappa shape index (κ1) is 16.1. The summed E-state index contributed by atoms with van der Waals surface area (Å²) in [5.41, 5.74) is -0.331. The lowest BCUT2D eigenvalue weighted by atomic mass is 10.1. The van der Waals surface area contributed by atoms with Gasteiger partial charge >= 0.3 is 5.97 Å². The molecule has 0 aliphatic carbocycles. The summed E-state index contributed by atoms with van der Waals surface area (Å²) < 4.78 is 5.29. The molecule has 1 rings (SSSR count). The van der Waals surface area contributed by atoms with E-state index in [9.17, 15) is 9.59 Å². The number of ether oxygens (including phenoxy) is 1. The number of esters is 1. The van der Waals surface area contributed by atoms with Crippen molar-refractivity contribution in [3.63, 3.8) is 0 Å². The van der Waals surface area contributed by atoms with Crippen molar-refractivity contribution in [1.29, 1.82) is 0 Å². The molecule has 0 saturated carbocycles. The topological polar surface area (TPSA) is 68.3 Å². The molecule has 0 fully saturated rings. The van der Waals surface area contributed by atoms with Crippen LogP contribution in [-0.4, -0.2) is 28.5 Å². The Hall–Kier alpha value is -1.91. The minimum Gasteiger partial charge on any atom is -0.456 e. The van der Waals surface area contributed by atoms with Gasteiger partial charge in [-0.05, 0) is 46.2 Å². The fourth-order valence-electron chi connectivity index (χ4n) is 1.48. The highest BCUT2D eigenvalue weighted by Gasteiger charge is 2.24. The number of pyridine rings is 1. The fourth-order valence-corrected chi connectivity index (χ4v) is 1.48. The van der Waals surface area contributed by atoms with E-state index in [1.807, 2.05) is 13.8 Å². The van der Waals surface area contributed by atoms with Crippen molar-refractivity contribution < 1.29 is 14.3 Å². The van der Waals surface area contributed by atoms with Gasteiger partial charge in [-0.3, -0.25) is 9.78 Å². The summed E-state index contributed by atoms with van der Waals surface area (Å²) >= 11 is 0. The van der Waals surface area contributed by atoms with Crippen molar-refractivity contribution in [3.05, 3.63) is 29.6 Å².